The van der Waals surface area contributed by atoms with Crippen LogP contribution in [0.3, 0.4) is 0 Å². The van der Waals surface area contributed by atoms with E-state index in [4.69, 9.17) is 10.00 Å². The SMILES string of the molecule is CC(Cc1ccccc1)NCc1ccc(OCC#N)cc1. The predicted octanol–water partition coefficient (Wildman–Crippen LogP) is 3.31. The molecule has 0 aliphatic carbocycles. The van der Waals surface area contributed by atoms with Gasteiger partial charge in [0.15, 0.2) is 6.61 Å². The molecular formula is C18H20N2O. The minimum Gasteiger partial charge on any atom is -0.479 e. The van der Waals surface area contributed by atoms with Crippen LogP contribution in [-0.4, -0.2) is 12.6 Å². The van der Waals surface area contributed by atoms with Gasteiger partial charge in [-0.3, -0.25) is 0 Å². The summed E-state index contributed by atoms with van der Waals surface area (Å²) in [4.78, 5) is 0. The van der Waals surface area contributed by atoms with Crippen LogP contribution in [0.4, 0.5) is 0 Å². The number of nitrogens with one attached hydrogen (secondary N) is 1. The molecule has 2 rings (SSSR count). The summed E-state index contributed by atoms with van der Waals surface area (Å²) in [5.74, 6) is 0.734. The van der Waals surface area contributed by atoms with Crippen LogP contribution < -0.4 is 10.1 Å². The summed E-state index contributed by atoms with van der Waals surface area (Å²) in [6.07, 6.45) is 1.02. The van der Waals surface area contributed by atoms with Crippen LogP contribution in [-0.2, 0) is 13.0 Å². The second-order valence-corrected chi connectivity index (χ2v) is 5.06. The first-order valence-electron chi connectivity index (χ1n) is 7.14. The van der Waals surface area contributed by atoms with Crippen molar-refractivity contribution < 1.29 is 4.74 Å². The number of hydrogen-bond acceptors (Lipinski definition) is 3. The molecule has 0 amide bonds. The Hall–Kier alpha value is -2.31. The van der Waals surface area contributed by atoms with Crippen molar-refractivity contribution in [2.75, 3.05) is 6.61 Å². The van der Waals surface area contributed by atoms with Crippen molar-refractivity contribution in [3.05, 3.63) is 65.7 Å². The molecule has 1 N–H and O–H groups in total. The molecule has 0 aromatic heterocycles. The molecule has 0 radical (unpaired) electrons. The van der Waals surface area contributed by atoms with Crippen molar-refractivity contribution in [3.63, 3.8) is 0 Å². The molecule has 1 unspecified atom stereocenters. The maximum atomic E-state index is 8.46. The summed E-state index contributed by atoms with van der Waals surface area (Å²) in [5.41, 5.74) is 2.55. The highest BCUT2D eigenvalue weighted by molar-refractivity contribution is 5.27. The van der Waals surface area contributed by atoms with Crippen LogP contribution in [0, 0.1) is 11.3 Å². The van der Waals surface area contributed by atoms with E-state index in [-0.39, 0.29) is 6.61 Å². The van der Waals surface area contributed by atoms with Gasteiger partial charge in [-0.05, 0) is 36.6 Å². The van der Waals surface area contributed by atoms with Gasteiger partial charge in [-0.25, -0.2) is 0 Å². The zero-order valence-corrected chi connectivity index (χ0v) is 12.3. The smallest absolute Gasteiger partial charge is 0.174 e. The van der Waals surface area contributed by atoms with Gasteiger partial charge < -0.3 is 10.1 Å². The van der Waals surface area contributed by atoms with Gasteiger partial charge in [0.1, 0.15) is 11.8 Å². The molecule has 2 aromatic rings. The van der Waals surface area contributed by atoms with Crippen molar-refractivity contribution in [1.82, 2.24) is 5.32 Å². The molecule has 1 atom stereocenters. The first-order valence-corrected chi connectivity index (χ1v) is 7.14. The van der Waals surface area contributed by atoms with Gasteiger partial charge in [-0.1, -0.05) is 42.5 Å². The molecule has 108 valence electrons. The molecule has 0 saturated carbocycles. The standard InChI is InChI=1S/C18H20N2O/c1-15(13-16-5-3-2-4-6-16)20-14-17-7-9-18(10-8-17)21-12-11-19/h2-10,15,20H,12-14H2,1H3. The largest absolute Gasteiger partial charge is 0.479 e. The highest BCUT2D eigenvalue weighted by Gasteiger charge is 2.03. The van der Waals surface area contributed by atoms with Crippen LogP contribution >= 0.6 is 0 Å². The van der Waals surface area contributed by atoms with Crippen LogP contribution in [0.15, 0.2) is 54.6 Å². The van der Waals surface area contributed by atoms with Crippen molar-refractivity contribution >= 4 is 0 Å². The average Bonchev–Trinajstić information content (AvgIpc) is 2.53. The first kappa shape index (κ1) is 15.1. The van der Waals surface area contributed by atoms with Crippen molar-refractivity contribution in [2.24, 2.45) is 0 Å². The molecule has 21 heavy (non-hydrogen) atoms. The fraction of sp³-hybridized carbons (Fsp3) is 0.278. The molecule has 0 fully saturated rings. The Balaban J connectivity index is 1.78. The molecular weight excluding hydrogens is 260 g/mol. The van der Waals surface area contributed by atoms with Gasteiger partial charge in [0.2, 0.25) is 0 Å². The lowest BCUT2D eigenvalue weighted by Gasteiger charge is -2.14. The maximum Gasteiger partial charge on any atom is 0.174 e. The summed E-state index contributed by atoms with van der Waals surface area (Å²) in [6, 6.07) is 20.7. The van der Waals surface area contributed by atoms with Gasteiger partial charge in [0.25, 0.3) is 0 Å². The Bertz CT molecular complexity index is 572. The average molecular weight is 280 g/mol. The first-order chi connectivity index (χ1) is 10.3. The van der Waals surface area contributed by atoms with E-state index in [1.807, 2.05) is 36.4 Å². The second-order valence-electron chi connectivity index (χ2n) is 5.06. The Kier molecular flexibility index (Phi) is 5.81. The number of nitrogens with zero attached hydrogens (tertiary/aromatic N) is 1. The number of nitriles is 1. The quantitative estimate of drug-likeness (QED) is 0.846. The Labute approximate surface area is 126 Å². The van der Waals surface area contributed by atoms with Crippen LogP contribution in [0.2, 0.25) is 0 Å². The van der Waals surface area contributed by atoms with E-state index in [9.17, 15) is 0 Å². The fourth-order valence-corrected chi connectivity index (χ4v) is 2.15. The molecule has 0 bridgehead atoms. The lowest BCUT2D eigenvalue weighted by molar-refractivity contribution is 0.368. The Morgan fingerprint density at radius 2 is 1.76 bits per heavy atom. The zero-order valence-electron chi connectivity index (χ0n) is 12.3. The van der Waals surface area contributed by atoms with Crippen LogP contribution in [0.1, 0.15) is 18.1 Å². The topological polar surface area (TPSA) is 45.0 Å². The normalized spacial score (nSPS) is 11.6. The molecule has 0 saturated heterocycles. The minimum atomic E-state index is 0.0890. The third-order valence-corrected chi connectivity index (χ3v) is 3.27. The number of benzene rings is 2. The molecule has 0 aliphatic rings. The third-order valence-electron chi connectivity index (χ3n) is 3.27. The van der Waals surface area contributed by atoms with Gasteiger partial charge in [0, 0.05) is 12.6 Å². The lowest BCUT2D eigenvalue weighted by Crippen LogP contribution is -2.27. The number of hydrogen-bond donors (Lipinski definition) is 1. The van der Waals surface area contributed by atoms with E-state index in [1.165, 1.54) is 11.1 Å². The van der Waals surface area contributed by atoms with E-state index < -0.39 is 0 Å². The molecule has 3 nitrogen and oxygen atoms in total. The van der Waals surface area contributed by atoms with Crippen molar-refractivity contribution in [1.29, 1.82) is 5.26 Å². The molecule has 0 spiro atoms. The monoisotopic (exact) mass is 280 g/mol. The maximum absolute atomic E-state index is 8.46. The number of rotatable bonds is 7. The van der Waals surface area contributed by atoms with Gasteiger partial charge in [-0.2, -0.15) is 5.26 Å². The van der Waals surface area contributed by atoms with E-state index in [0.29, 0.717) is 6.04 Å². The van der Waals surface area contributed by atoms with E-state index >= 15 is 0 Å². The molecule has 0 aliphatic heterocycles. The van der Waals surface area contributed by atoms with E-state index in [1.54, 1.807) is 0 Å². The zero-order chi connectivity index (χ0) is 14.9. The number of ether oxygens (including phenoxy) is 1. The van der Waals surface area contributed by atoms with Gasteiger partial charge in [0.05, 0.1) is 0 Å². The molecule has 0 heterocycles. The van der Waals surface area contributed by atoms with Crippen molar-refractivity contribution in [3.8, 4) is 11.8 Å². The summed E-state index contributed by atoms with van der Waals surface area (Å²) < 4.78 is 5.23. The molecule has 2 aromatic carbocycles. The van der Waals surface area contributed by atoms with E-state index in [2.05, 4.69) is 36.5 Å². The highest BCUT2D eigenvalue weighted by atomic mass is 16.5. The predicted molar refractivity (Wildman–Crippen MR) is 84.0 cm³/mol. The summed E-state index contributed by atoms with van der Waals surface area (Å²) >= 11 is 0. The summed E-state index contributed by atoms with van der Waals surface area (Å²) in [7, 11) is 0. The van der Waals surface area contributed by atoms with Crippen LogP contribution in [0.25, 0.3) is 0 Å². The Morgan fingerprint density at radius 1 is 1.05 bits per heavy atom. The second kappa shape index (κ2) is 8.08. The summed E-state index contributed by atoms with van der Waals surface area (Å²) in [6.45, 7) is 3.11. The van der Waals surface area contributed by atoms with Gasteiger partial charge in [-0.15, -0.1) is 0 Å². The summed E-state index contributed by atoms with van der Waals surface area (Å²) in [5, 5.41) is 12.0. The molecule has 3 heteroatoms. The highest BCUT2D eigenvalue weighted by Crippen LogP contribution is 2.12. The van der Waals surface area contributed by atoms with Crippen LogP contribution in [0.5, 0.6) is 5.75 Å². The minimum absolute atomic E-state index is 0.0890. The fourth-order valence-electron chi connectivity index (χ4n) is 2.15. The van der Waals surface area contributed by atoms with Crippen molar-refractivity contribution in [2.45, 2.75) is 25.9 Å². The lowest BCUT2D eigenvalue weighted by atomic mass is 10.1. The Morgan fingerprint density at radius 3 is 2.43 bits per heavy atom. The third kappa shape index (κ3) is 5.29. The van der Waals surface area contributed by atoms with Gasteiger partial charge >= 0.3 is 0 Å². The van der Waals surface area contributed by atoms with E-state index in [0.717, 1.165) is 18.7 Å².